The van der Waals surface area contributed by atoms with Gasteiger partial charge >= 0.3 is 0 Å². The van der Waals surface area contributed by atoms with E-state index >= 15 is 0 Å². The lowest BCUT2D eigenvalue weighted by molar-refractivity contribution is 0.267. The Kier molecular flexibility index (Phi) is 3.36. The second-order valence-electron chi connectivity index (χ2n) is 5.62. The zero-order valence-corrected chi connectivity index (χ0v) is 11.5. The Bertz CT molecular complexity index is 357. The molecule has 0 spiro atoms. The molecule has 1 N–H and O–H groups in total. The van der Waals surface area contributed by atoms with Crippen LogP contribution in [0.2, 0.25) is 0 Å². The molecule has 2 rings (SSSR count). The standard InChI is InChI=1S/C13H22N2S/c1-9-12(16-8-14-9)10(2)15-11-6-5-7-13(11,3)4/h8,10-11,15H,5-7H2,1-4H3. The Morgan fingerprint density at radius 2 is 2.31 bits per heavy atom. The third kappa shape index (κ3) is 2.30. The monoisotopic (exact) mass is 238 g/mol. The molecule has 90 valence electrons. The van der Waals surface area contributed by atoms with Crippen LogP contribution in [-0.4, -0.2) is 11.0 Å². The summed E-state index contributed by atoms with van der Waals surface area (Å²) in [5.41, 5.74) is 3.58. The molecule has 2 atom stereocenters. The average Bonchev–Trinajstić information content (AvgIpc) is 2.74. The Hall–Kier alpha value is -0.410. The van der Waals surface area contributed by atoms with Crippen LogP contribution in [0.5, 0.6) is 0 Å². The van der Waals surface area contributed by atoms with Gasteiger partial charge < -0.3 is 5.32 Å². The van der Waals surface area contributed by atoms with E-state index in [1.54, 1.807) is 11.3 Å². The van der Waals surface area contributed by atoms with Crippen molar-refractivity contribution in [1.29, 1.82) is 0 Å². The van der Waals surface area contributed by atoms with E-state index < -0.39 is 0 Å². The van der Waals surface area contributed by atoms with Gasteiger partial charge in [-0.05, 0) is 32.1 Å². The maximum atomic E-state index is 4.33. The van der Waals surface area contributed by atoms with E-state index in [1.165, 1.54) is 29.8 Å². The molecule has 1 aromatic rings. The molecule has 1 fully saturated rings. The minimum Gasteiger partial charge on any atom is -0.306 e. The van der Waals surface area contributed by atoms with Crippen LogP contribution in [0.15, 0.2) is 5.51 Å². The van der Waals surface area contributed by atoms with Gasteiger partial charge in [0.2, 0.25) is 0 Å². The van der Waals surface area contributed by atoms with Crippen molar-refractivity contribution >= 4 is 11.3 Å². The molecule has 0 bridgehead atoms. The van der Waals surface area contributed by atoms with Gasteiger partial charge in [0.15, 0.2) is 0 Å². The molecule has 0 saturated heterocycles. The Morgan fingerprint density at radius 3 is 2.81 bits per heavy atom. The maximum Gasteiger partial charge on any atom is 0.0798 e. The fourth-order valence-electron chi connectivity index (χ4n) is 2.74. The highest BCUT2D eigenvalue weighted by Gasteiger charge is 2.35. The van der Waals surface area contributed by atoms with Gasteiger partial charge in [-0.2, -0.15) is 0 Å². The normalized spacial score (nSPS) is 25.9. The molecule has 1 saturated carbocycles. The van der Waals surface area contributed by atoms with Crippen LogP contribution in [0.1, 0.15) is 56.6 Å². The van der Waals surface area contributed by atoms with E-state index in [9.17, 15) is 0 Å². The fourth-order valence-corrected chi connectivity index (χ4v) is 3.56. The van der Waals surface area contributed by atoms with Gasteiger partial charge in [-0.15, -0.1) is 11.3 Å². The van der Waals surface area contributed by atoms with Crippen LogP contribution >= 0.6 is 11.3 Å². The first kappa shape index (κ1) is 12.1. The number of hydrogen-bond donors (Lipinski definition) is 1. The summed E-state index contributed by atoms with van der Waals surface area (Å²) in [6, 6.07) is 1.10. The number of thiazole rings is 1. The van der Waals surface area contributed by atoms with Crippen molar-refractivity contribution in [3.8, 4) is 0 Å². The van der Waals surface area contributed by atoms with Crippen molar-refractivity contribution in [3.05, 3.63) is 16.1 Å². The number of rotatable bonds is 3. The zero-order chi connectivity index (χ0) is 11.8. The molecular weight excluding hydrogens is 216 g/mol. The molecule has 1 heterocycles. The fraction of sp³-hybridized carbons (Fsp3) is 0.769. The first-order valence-electron chi connectivity index (χ1n) is 6.17. The van der Waals surface area contributed by atoms with Crippen LogP contribution in [0.4, 0.5) is 0 Å². The smallest absolute Gasteiger partial charge is 0.0798 e. The van der Waals surface area contributed by atoms with Crippen LogP contribution in [0.3, 0.4) is 0 Å². The van der Waals surface area contributed by atoms with E-state index in [4.69, 9.17) is 0 Å². The SMILES string of the molecule is Cc1ncsc1C(C)NC1CCCC1(C)C. The second kappa shape index (κ2) is 4.46. The summed E-state index contributed by atoms with van der Waals surface area (Å²) in [7, 11) is 0. The lowest BCUT2D eigenvalue weighted by Gasteiger charge is -2.30. The summed E-state index contributed by atoms with van der Waals surface area (Å²) in [4.78, 5) is 5.72. The van der Waals surface area contributed by atoms with Gasteiger partial charge in [0.1, 0.15) is 0 Å². The third-order valence-electron chi connectivity index (χ3n) is 3.88. The summed E-state index contributed by atoms with van der Waals surface area (Å²) >= 11 is 1.77. The Labute approximate surface area is 102 Å². The summed E-state index contributed by atoms with van der Waals surface area (Å²) in [6.45, 7) is 9.12. The summed E-state index contributed by atoms with van der Waals surface area (Å²) in [5.74, 6) is 0. The molecule has 0 aliphatic heterocycles. The summed E-state index contributed by atoms with van der Waals surface area (Å²) in [5, 5.41) is 3.78. The number of aryl methyl sites for hydroxylation is 1. The van der Waals surface area contributed by atoms with E-state index in [0.29, 0.717) is 17.5 Å². The molecule has 1 aliphatic carbocycles. The molecule has 0 aromatic carbocycles. The van der Waals surface area contributed by atoms with Gasteiger partial charge in [-0.25, -0.2) is 4.98 Å². The van der Waals surface area contributed by atoms with E-state index in [1.807, 2.05) is 5.51 Å². The topological polar surface area (TPSA) is 24.9 Å². The molecule has 0 radical (unpaired) electrons. The van der Waals surface area contributed by atoms with Crippen molar-refractivity contribution in [2.24, 2.45) is 5.41 Å². The van der Waals surface area contributed by atoms with Gasteiger partial charge in [0, 0.05) is 17.0 Å². The van der Waals surface area contributed by atoms with Crippen LogP contribution < -0.4 is 5.32 Å². The predicted molar refractivity (Wildman–Crippen MR) is 69.8 cm³/mol. The Morgan fingerprint density at radius 1 is 1.56 bits per heavy atom. The summed E-state index contributed by atoms with van der Waals surface area (Å²) in [6.07, 6.45) is 4.02. The van der Waals surface area contributed by atoms with Crippen molar-refractivity contribution < 1.29 is 0 Å². The lowest BCUT2D eigenvalue weighted by atomic mass is 9.87. The van der Waals surface area contributed by atoms with Crippen LogP contribution in [-0.2, 0) is 0 Å². The second-order valence-corrected chi connectivity index (χ2v) is 6.51. The number of hydrogen-bond acceptors (Lipinski definition) is 3. The van der Waals surface area contributed by atoms with Gasteiger partial charge in [0.05, 0.1) is 11.2 Å². The molecule has 0 amide bonds. The van der Waals surface area contributed by atoms with Crippen LogP contribution in [0, 0.1) is 12.3 Å². The predicted octanol–water partition coefficient (Wildman–Crippen LogP) is 3.68. The molecule has 1 aromatic heterocycles. The highest BCUT2D eigenvalue weighted by Crippen LogP contribution is 2.38. The van der Waals surface area contributed by atoms with Crippen LogP contribution in [0.25, 0.3) is 0 Å². The van der Waals surface area contributed by atoms with Gasteiger partial charge in [-0.1, -0.05) is 20.3 Å². The maximum absolute atomic E-state index is 4.33. The number of nitrogens with one attached hydrogen (secondary N) is 1. The molecule has 3 heteroatoms. The van der Waals surface area contributed by atoms with E-state index in [0.717, 1.165) is 0 Å². The van der Waals surface area contributed by atoms with Crippen molar-refractivity contribution in [2.75, 3.05) is 0 Å². The lowest BCUT2D eigenvalue weighted by Crippen LogP contribution is -2.39. The molecule has 1 aliphatic rings. The molecule has 16 heavy (non-hydrogen) atoms. The van der Waals surface area contributed by atoms with Gasteiger partial charge in [0.25, 0.3) is 0 Å². The van der Waals surface area contributed by atoms with Crippen molar-refractivity contribution in [2.45, 2.75) is 59.0 Å². The quantitative estimate of drug-likeness (QED) is 0.869. The third-order valence-corrected chi connectivity index (χ3v) is 5.00. The molecule has 2 unspecified atom stereocenters. The highest BCUT2D eigenvalue weighted by atomic mass is 32.1. The highest BCUT2D eigenvalue weighted by molar-refractivity contribution is 7.09. The minimum absolute atomic E-state index is 0.440. The van der Waals surface area contributed by atoms with E-state index in [-0.39, 0.29) is 0 Å². The Balaban J connectivity index is 2.03. The largest absolute Gasteiger partial charge is 0.306 e. The number of nitrogens with zero attached hydrogens (tertiary/aromatic N) is 1. The van der Waals surface area contributed by atoms with Crippen molar-refractivity contribution in [1.82, 2.24) is 10.3 Å². The average molecular weight is 238 g/mol. The molecule has 2 nitrogen and oxygen atoms in total. The van der Waals surface area contributed by atoms with E-state index in [2.05, 4.69) is 38.0 Å². The number of aromatic nitrogens is 1. The zero-order valence-electron chi connectivity index (χ0n) is 10.7. The van der Waals surface area contributed by atoms with Gasteiger partial charge in [-0.3, -0.25) is 0 Å². The minimum atomic E-state index is 0.440. The molecular formula is C13H22N2S. The summed E-state index contributed by atoms with van der Waals surface area (Å²) < 4.78 is 0. The first-order valence-corrected chi connectivity index (χ1v) is 7.05. The van der Waals surface area contributed by atoms with Crippen molar-refractivity contribution in [3.63, 3.8) is 0 Å². The first-order chi connectivity index (χ1) is 7.50.